The number of nitrogens with zero attached hydrogens (tertiary/aromatic N) is 2. The van der Waals surface area contributed by atoms with Crippen molar-refractivity contribution < 1.29 is 33.8 Å². The fourth-order valence-corrected chi connectivity index (χ4v) is 3.43. The molecule has 1 rings (SSSR count). The number of aromatic hydroxyl groups is 1. The summed E-state index contributed by atoms with van der Waals surface area (Å²) in [5, 5.41) is 25.1. The predicted octanol–water partition coefficient (Wildman–Crippen LogP) is 1.99. The zero-order chi connectivity index (χ0) is 27.5. The van der Waals surface area contributed by atoms with E-state index in [1.807, 2.05) is 6.07 Å². The van der Waals surface area contributed by atoms with E-state index in [1.54, 1.807) is 46.8 Å². The molecule has 11 nitrogen and oxygen atoms in total. The molecule has 0 spiro atoms. The zero-order valence-electron chi connectivity index (χ0n) is 21.2. The molecular formula is C24H34N4O7S. The molecule has 1 aromatic carbocycles. The highest BCUT2D eigenvalue weighted by molar-refractivity contribution is 7.80. The lowest BCUT2D eigenvalue weighted by Gasteiger charge is -2.33. The first-order chi connectivity index (χ1) is 16.9. The number of carbonyl (C=O) groups is 4. The van der Waals surface area contributed by atoms with Crippen LogP contribution in [0, 0.1) is 18.3 Å². The number of benzene rings is 1. The van der Waals surface area contributed by atoms with Crippen molar-refractivity contribution in [1.82, 2.24) is 15.5 Å². The van der Waals surface area contributed by atoms with Gasteiger partial charge in [0.05, 0.1) is 19.1 Å². The first-order valence-electron chi connectivity index (χ1n) is 11.4. The smallest absolute Gasteiger partial charge is 0.408 e. The number of aryl methyl sites for hydroxylation is 1. The predicted molar refractivity (Wildman–Crippen MR) is 134 cm³/mol. The summed E-state index contributed by atoms with van der Waals surface area (Å²) in [4.78, 5) is 51.6. The van der Waals surface area contributed by atoms with Gasteiger partial charge in [-0.15, -0.1) is 0 Å². The number of para-hydroxylation sites is 1. The Kier molecular flexibility index (Phi) is 12.0. The molecule has 0 aliphatic heterocycles. The van der Waals surface area contributed by atoms with E-state index >= 15 is 0 Å². The van der Waals surface area contributed by atoms with Crippen molar-refractivity contribution in [2.24, 2.45) is 0 Å². The second-order valence-corrected chi connectivity index (χ2v) is 9.13. The average molecular weight is 523 g/mol. The van der Waals surface area contributed by atoms with Gasteiger partial charge in [-0.2, -0.15) is 17.9 Å². The normalized spacial score (nSPS) is 12.5. The minimum Gasteiger partial charge on any atom is -0.507 e. The highest BCUT2D eigenvalue weighted by atomic mass is 32.1. The van der Waals surface area contributed by atoms with Crippen molar-refractivity contribution in [2.75, 3.05) is 25.4 Å². The average Bonchev–Trinajstić information content (AvgIpc) is 2.78. The van der Waals surface area contributed by atoms with E-state index in [-0.39, 0.29) is 36.6 Å². The molecular weight excluding hydrogens is 488 g/mol. The summed E-state index contributed by atoms with van der Waals surface area (Å²) < 4.78 is 10.0. The monoisotopic (exact) mass is 522 g/mol. The lowest BCUT2D eigenvalue weighted by Crippen LogP contribution is -2.54. The summed E-state index contributed by atoms with van der Waals surface area (Å²) in [5.41, 5.74) is -0.309. The van der Waals surface area contributed by atoms with Crippen LogP contribution in [-0.4, -0.2) is 71.0 Å². The number of nitrogens with one attached hydrogen (secondary N) is 2. The van der Waals surface area contributed by atoms with Gasteiger partial charge < -0.3 is 30.1 Å². The van der Waals surface area contributed by atoms with E-state index < -0.39 is 48.1 Å². The summed E-state index contributed by atoms with van der Waals surface area (Å²) in [5.74, 6) is -2.43. The van der Waals surface area contributed by atoms with Crippen LogP contribution in [0.25, 0.3) is 0 Å². The molecule has 0 aliphatic rings. The molecule has 0 bridgehead atoms. The summed E-state index contributed by atoms with van der Waals surface area (Å²) in [6, 6.07) is 3.83. The first kappa shape index (κ1) is 30.6. The maximum atomic E-state index is 13.5. The van der Waals surface area contributed by atoms with Gasteiger partial charge in [0.15, 0.2) is 0 Å². The third-order valence-electron chi connectivity index (χ3n) is 4.75. The maximum absolute atomic E-state index is 13.5. The number of phenolic OH excluding ortho intramolecular Hbond substituents is 1. The van der Waals surface area contributed by atoms with E-state index in [0.29, 0.717) is 5.56 Å². The fraction of sp³-hybridized carbons (Fsp3) is 0.542. The van der Waals surface area contributed by atoms with Crippen molar-refractivity contribution in [3.8, 4) is 11.8 Å². The van der Waals surface area contributed by atoms with Crippen LogP contribution in [0.4, 0.5) is 4.79 Å². The minimum absolute atomic E-state index is 0.0717. The Morgan fingerprint density at radius 1 is 1.25 bits per heavy atom. The number of alkyl carbamates (subject to hydrolysis) is 1. The van der Waals surface area contributed by atoms with Gasteiger partial charge in [-0.1, -0.05) is 18.2 Å². The molecule has 12 heteroatoms. The van der Waals surface area contributed by atoms with Gasteiger partial charge in [0.2, 0.25) is 11.8 Å². The summed E-state index contributed by atoms with van der Waals surface area (Å²) in [7, 11) is 0. The van der Waals surface area contributed by atoms with Crippen LogP contribution >= 0.6 is 12.6 Å². The van der Waals surface area contributed by atoms with Gasteiger partial charge in [-0.3, -0.25) is 14.4 Å². The van der Waals surface area contributed by atoms with Crippen LogP contribution < -0.4 is 10.6 Å². The Morgan fingerprint density at radius 2 is 1.92 bits per heavy atom. The minimum atomic E-state index is -1.44. The van der Waals surface area contributed by atoms with Gasteiger partial charge in [0, 0.05) is 17.9 Å². The van der Waals surface area contributed by atoms with Gasteiger partial charge in [-0.05, 0) is 40.2 Å². The van der Waals surface area contributed by atoms with Crippen LogP contribution in [-0.2, 0) is 23.9 Å². The van der Waals surface area contributed by atoms with Gasteiger partial charge in [-0.25, -0.2) is 4.79 Å². The molecule has 0 saturated heterocycles. The van der Waals surface area contributed by atoms with E-state index in [1.165, 1.54) is 6.07 Å². The molecule has 0 aliphatic carbocycles. The van der Waals surface area contributed by atoms with Gasteiger partial charge in [0.1, 0.15) is 30.0 Å². The quantitative estimate of drug-likeness (QED) is 0.195. The number of ether oxygens (including phenoxy) is 2. The van der Waals surface area contributed by atoms with Crippen LogP contribution in [0.15, 0.2) is 18.2 Å². The fourth-order valence-electron chi connectivity index (χ4n) is 3.18. The van der Waals surface area contributed by atoms with E-state index in [4.69, 9.17) is 9.47 Å². The number of esters is 1. The molecule has 3 amide bonds. The number of nitriles is 1. The number of phenols is 1. The topological polar surface area (TPSA) is 158 Å². The molecule has 0 aromatic heterocycles. The number of carbonyl (C=O) groups excluding carboxylic acids is 4. The standard InChI is InChI=1S/C24H34N4O7S/c1-6-34-18(29)10-12-26-21(31)19(16-9-7-8-15(2)20(16)30)28(13-11-25)22(32)17(14-36)27-23(33)35-24(3,4)5/h7-9,17,19,30,36H,6,10,12-14H2,1-5H3,(H,26,31)(H,27,33). The molecule has 0 heterocycles. The first-order valence-corrected chi connectivity index (χ1v) is 12.0. The number of rotatable bonds is 11. The Labute approximate surface area is 216 Å². The number of amides is 3. The third kappa shape index (κ3) is 9.30. The van der Waals surface area contributed by atoms with E-state index in [2.05, 4.69) is 23.3 Å². The summed E-state index contributed by atoms with van der Waals surface area (Å²) in [6.45, 7) is 7.79. The molecule has 0 radical (unpaired) electrons. The SMILES string of the molecule is CCOC(=O)CCNC(=O)C(c1cccc(C)c1O)N(CC#N)C(=O)C(CS)NC(=O)OC(C)(C)C. The van der Waals surface area contributed by atoms with Crippen LogP contribution in [0.2, 0.25) is 0 Å². The van der Waals surface area contributed by atoms with E-state index in [9.17, 15) is 29.5 Å². The van der Waals surface area contributed by atoms with E-state index in [0.717, 1.165) is 4.90 Å². The van der Waals surface area contributed by atoms with Crippen LogP contribution in [0.3, 0.4) is 0 Å². The number of thiol groups is 1. The summed E-state index contributed by atoms with van der Waals surface area (Å²) in [6.07, 6.45) is -0.988. The Hall–Kier alpha value is -3.46. The lowest BCUT2D eigenvalue weighted by molar-refractivity contribution is -0.144. The van der Waals surface area contributed by atoms with Crippen molar-refractivity contribution in [2.45, 2.75) is 58.7 Å². The molecule has 3 N–H and O–H groups in total. The Bertz CT molecular complexity index is 988. The zero-order valence-corrected chi connectivity index (χ0v) is 22.1. The molecule has 0 fully saturated rings. The summed E-state index contributed by atoms with van der Waals surface area (Å²) >= 11 is 4.14. The number of hydrogen-bond acceptors (Lipinski definition) is 9. The van der Waals surface area contributed by atoms with Crippen molar-refractivity contribution in [3.05, 3.63) is 29.3 Å². The third-order valence-corrected chi connectivity index (χ3v) is 5.12. The van der Waals surface area contributed by atoms with Crippen molar-refractivity contribution in [3.63, 3.8) is 0 Å². The Morgan fingerprint density at radius 3 is 2.47 bits per heavy atom. The molecule has 2 atom stereocenters. The molecule has 1 aromatic rings. The second-order valence-electron chi connectivity index (χ2n) is 8.77. The molecule has 0 saturated carbocycles. The second kappa shape index (κ2) is 14.2. The molecule has 198 valence electrons. The van der Waals surface area contributed by atoms with Crippen molar-refractivity contribution in [1.29, 1.82) is 5.26 Å². The Balaban J connectivity index is 3.34. The van der Waals surface area contributed by atoms with Crippen molar-refractivity contribution >= 4 is 36.5 Å². The highest BCUT2D eigenvalue weighted by Gasteiger charge is 2.37. The van der Waals surface area contributed by atoms with Gasteiger partial charge >= 0.3 is 12.1 Å². The molecule has 2 unspecified atom stereocenters. The molecule has 36 heavy (non-hydrogen) atoms. The maximum Gasteiger partial charge on any atom is 0.408 e. The van der Waals surface area contributed by atoms with Crippen LogP contribution in [0.1, 0.15) is 51.3 Å². The largest absolute Gasteiger partial charge is 0.507 e. The van der Waals surface area contributed by atoms with Crippen LogP contribution in [0.5, 0.6) is 5.75 Å². The highest BCUT2D eigenvalue weighted by Crippen LogP contribution is 2.32. The van der Waals surface area contributed by atoms with Gasteiger partial charge in [0.25, 0.3) is 0 Å². The lowest BCUT2D eigenvalue weighted by atomic mass is 9.99. The number of hydrogen-bond donors (Lipinski definition) is 4.